The Morgan fingerprint density at radius 3 is 2.00 bits per heavy atom. The molecular formula is C32H34N2O. The van der Waals surface area contributed by atoms with Crippen LogP contribution in [0.1, 0.15) is 72.2 Å². The zero-order valence-corrected chi connectivity index (χ0v) is 20.8. The Labute approximate surface area is 208 Å². The third kappa shape index (κ3) is 4.60. The molecule has 3 nitrogen and oxygen atoms in total. The second-order valence-corrected chi connectivity index (χ2v) is 9.96. The van der Waals surface area contributed by atoms with Gasteiger partial charge in [-0.05, 0) is 61.1 Å². The van der Waals surface area contributed by atoms with Gasteiger partial charge in [-0.15, -0.1) is 0 Å². The zero-order chi connectivity index (χ0) is 24.3. The van der Waals surface area contributed by atoms with Crippen molar-refractivity contribution in [3.05, 3.63) is 135 Å². The van der Waals surface area contributed by atoms with Crippen LogP contribution in [0.25, 0.3) is 0 Å². The fourth-order valence-corrected chi connectivity index (χ4v) is 5.62. The molecule has 0 atom stereocenters. The fourth-order valence-electron chi connectivity index (χ4n) is 5.62. The van der Waals surface area contributed by atoms with Crippen molar-refractivity contribution in [1.82, 2.24) is 9.55 Å². The normalized spacial score (nSPS) is 14.6. The average molecular weight is 463 g/mol. The summed E-state index contributed by atoms with van der Waals surface area (Å²) in [7, 11) is 0. The maximum Gasteiger partial charge on any atom is 0.257 e. The molecule has 0 amide bonds. The van der Waals surface area contributed by atoms with E-state index in [-0.39, 0.29) is 17.0 Å². The van der Waals surface area contributed by atoms with Crippen LogP contribution in [0.4, 0.5) is 0 Å². The standard InChI is InChI=1S/C32H34N2O/c1-3-29-28(19-22-32(20-10-21-32)27-17-15-24(2)16-18-27)31(35)34(23-33-29)30(25-11-6-4-7-12-25)26-13-8-5-9-14-26/h4-9,11-18,23,30H,3,10,19-22H2,1-2H3. The van der Waals surface area contributed by atoms with Gasteiger partial charge in [0, 0.05) is 5.56 Å². The Kier molecular flexibility index (Phi) is 6.68. The second kappa shape index (κ2) is 10.0. The van der Waals surface area contributed by atoms with Gasteiger partial charge in [0.25, 0.3) is 5.56 Å². The van der Waals surface area contributed by atoms with E-state index >= 15 is 0 Å². The Morgan fingerprint density at radius 1 is 0.886 bits per heavy atom. The molecule has 0 N–H and O–H groups in total. The summed E-state index contributed by atoms with van der Waals surface area (Å²) >= 11 is 0. The van der Waals surface area contributed by atoms with Crippen molar-refractivity contribution >= 4 is 0 Å². The third-order valence-electron chi connectivity index (χ3n) is 7.85. The van der Waals surface area contributed by atoms with Crippen molar-refractivity contribution in [2.75, 3.05) is 0 Å². The van der Waals surface area contributed by atoms with Crippen LogP contribution in [-0.4, -0.2) is 9.55 Å². The molecule has 5 rings (SSSR count). The maximum absolute atomic E-state index is 14.1. The summed E-state index contributed by atoms with van der Waals surface area (Å²) in [4.78, 5) is 18.9. The van der Waals surface area contributed by atoms with Crippen LogP contribution in [0.2, 0.25) is 0 Å². The molecule has 1 heterocycles. The molecule has 1 aromatic heterocycles. The summed E-state index contributed by atoms with van der Waals surface area (Å²) in [6.45, 7) is 4.24. The van der Waals surface area contributed by atoms with Gasteiger partial charge in [-0.3, -0.25) is 9.36 Å². The summed E-state index contributed by atoms with van der Waals surface area (Å²) in [5.74, 6) is 0. The van der Waals surface area contributed by atoms with E-state index in [1.165, 1.54) is 30.4 Å². The topological polar surface area (TPSA) is 34.9 Å². The highest BCUT2D eigenvalue weighted by Gasteiger charge is 2.38. The molecule has 0 saturated heterocycles. The summed E-state index contributed by atoms with van der Waals surface area (Å²) in [5, 5.41) is 0. The first-order valence-electron chi connectivity index (χ1n) is 12.9. The van der Waals surface area contributed by atoms with Gasteiger partial charge < -0.3 is 0 Å². The fraction of sp³-hybridized carbons (Fsp3) is 0.312. The number of aryl methyl sites for hydroxylation is 2. The maximum atomic E-state index is 14.1. The van der Waals surface area contributed by atoms with E-state index in [9.17, 15) is 4.79 Å². The molecule has 0 bridgehead atoms. The van der Waals surface area contributed by atoms with E-state index in [1.54, 1.807) is 6.33 Å². The Bertz CT molecular complexity index is 1280. The number of aromatic nitrogens is 2. The van der Waals surface area contributed by atoms with Crippen LogP contribution in [0.15, 0.2) is 96.1 Å². The summed E-state index contributed by atoms with van der Waals surface area (Å²) < 4.78 is 1.85. The van der Waals surface area contributed by atoms with Gasteiger partial charge >= 0.3 is 0 Å². The monoisotopic (exact) mass is 462 g/mol. The molecular weight excluding hydrogens is 428 g/mol. The van der Waals surface area contributed by atoms with Crippen LogP contribution in [0, 0.1) is 6.92 Å². The second-order valence-electron chi connectivity index (χ2n) is 9.96. The lowest BCUT2D eigenvalue weighted by Crippen LogP contribution is -2.36. The minimum absolute atomic E-state index is 0.0907. The van der Waals surface area contributed by atoms with Crippen molar-refractivity contribution in [3.63, 3.8) is 0 Å². The summed E-state index contributed by atoms with van der Waals surface area (Å²) in [6.07, 6.45) is 7.94. The SMILES string of the molecule is CCc1ncn(C(c2ccccc2)c2ccccc2)c(=O)c1CCC1(c2ccc(C)cc2)CCC1. The average Bonchev–Trinajstić information content (AvgIpc) is 2.87. The molecule has 4 aromatic rings. The van der Waals surface area contributed by atoms with Gasteiger partial charge in [-0.2, -0.15) is 0 Å². The van der Waals surface area contributed by atoms with Gasteiger partial charge in [0.15, 0.2) is 0 Å². The lowest BCUT2D eigenvalue weighted by Gasteiger charge is -2.43. The van der Waals surface area contributed by atoms with E-state index in [1.807, 2.05) is 41.0 Å². The van der Waals surface area contributed by atoms with Gasteiger partial charge in [-0.25, -0.2) is 4.98 Å². The number of rotatable bonds is 8. The first-order chi connectivity index (χ1) is 17.1. The molecule has 0 aliphatic heterocycles. The molecule has 1 aliphatic rings. The van der Waals surface area contributed by atoms with E-state index in [2.05, 4.69) is 62.4 Å². The molecule has 1 saturated carbocycles. The van der Waals surface area contributed by atoms with E-state index in [0.29, 0.717) is 0 Å². The molecule has 1 aliphatic carbocycles. The Hall–Kier alpha value is -3.46. The van der Waals surface area contributed by atoms with E-state index < -0.39 is 0 Å². The van der Waals surface area contributed by atoms with Crippen LogP contribution < -0.4 is 5.56 Å². The lowest BCUT2D eigenvalue weighted by molar-refractivity contribution is 0.225. The lowest BCUT2D eigenvalue weighted by atomic mass is 9.61. The van der Waals surface area contributed by atoms with Crippen molar-refractivity contribution in [2.45, 2.75) is 63.8 Å². The summed E-state index contributed by atoms with van der Waals surface area (Å²) in [5.41, 5.74) is 6.98. The minimum atomic E-state index is -0.197. The van der Waals surface area contributed by atoms with E-state index in [4.69, 9.17) is 4.98 Å². The molecule has 3 heteroatoms. The van der Waals surface area contributed by atoms with Gasteiger partial charge in [0.2, 0.25) is 0 Å². The highest BCUT2D eigenvalue weighted by molar-refractivity contribution is 5.35. The van der Waals surface area contributed by atoms with Crippen molar-refractivity contribution < 1.29 is 0 Å². The first-order valence-corrected chi connectivity index (χ1v) is 12.9. The number of benzene rings is 3. The predicted molar refractivity (Wildman–Crippen MR) is 143 cm³/mol. The van der Waals surface area contributed by atoms with Gasteiger partial charge in [-0.1, -0.05) is 104 Å². The third-order valence-corrected chi connectivity index (χ3v) is 7.85. The molecule has 1 fully saturated rings. The number of hydrogen-bond donors (Lipinski definition) is 0. The highest BCUT2D eigenvalue weighted by atomic mass is 16.1. The molecule has 0 unspecified atom stereocenters. The van der Waals surface area contributed by atoms with Crippen molar-refractivity contribution in [1.29, 1.82) is 0 Å². The van der Waals surface area contributed by atoms with Gasteiger partial charge in [0.05, 0.1) is 18.1 Å². The Morgan fingerprint density at radius 2 is 1.49 bits per heavy atom. The van der Waals surface area contributed by atoms with Crippen molar-refractivity contribution in [2.24, 2.45) is 0 Å². The minimum Gasteiger partial charge on any atom is -0.287 e. The van der Waals surface area contributed by atoms with Crippen LogP contribution in [0.3, 0.4) is 0 Å². The smallest absolute Gasteiger partial charge is 0.257 e. The molecule has 178 valence electrons. The quantitative estimate of drug-likeness (QED) is 0.288. The summed E-state index contributed by atoms with van der Waals surface area (Å²) in [6, 6.07) is 29.4. The van der Waals surface area contributed by atoms with E-state index in [0.717, 1.165) is 41.6 Å². The molecule has 3 aromatic carbocycles. The molecule has 0 spiro atoms. The Balaban J connectivity index is 1.53. The molecule has 0 radical (unpaired) electrons. The molecule has 35 heavy (non-hydrogen) atoms. The van der Waals surface area contributed by atoms with Gasteiger partial charge in [0.1, 0.15) is 0 Å². The van der Waals surface area contributed by atoms with Crippen LogP contribution in [-0.2, 0) is 18.3 Å². The number of hydrogen-bond acceptors (Lipinski definition) is 2. The number of nitrogens with zero attached hydrogens (tertiary/aromatic N) is 2. The van der Waals surface area contributed by atoms with Crippen LogP contribution in [0.5, 0.6) is 0 Å². The van der Waals surface area contributed by atoms with Crippen molar-refractivity contribution in [3.8, 4) is 0 Å². The zero-order valence-electron chi connectivity index (χ0n) is 20.8. The largest absolute Gasteiger partial charge is 0.287 e. The van der Waals surface area contributed by atoms with Crippen LogP contribution >= 0.6 is 0 Å². The predicted octanol–water partition coefficient (Wildman–Crippen LogP) is 6.81. The first kappa shape index (κ1) is 23.3. The highest BCUT2D eigenvalue weighted by Crippen LogP contribution is 2.47.